The maximum Gasteiger partial charge on any atom is 0.254 e. The third-order valence-electron chi connectivity index (χ3n) is 3.01. The Labute approximate surface area is 99.4 Å². The predicted molar refractivity (Wildman–Crippen MR) is 60.4 cm³/mol. The van der Waals surface area contributed by atoms with Crippen LogP contribution in [0.25, 0.3) is 0 Å². The molecule has 0 N–H and O–H groups in total. The van der Waals surface area contributed by atoms with Crippen molar-refractivity contribution >= 4 is 0 Å². The highest BCUT2D eigenvalue weighted by Gasteiger charge is 2.50. The first-order valence-electron chi connectivity index (χ1n) is 5.35. The molecule has 1 heterocycles. The zero-order chi connectivity index (χ0) is 13.4. The molecule has 1 atom stereocenters. The van der Waals surface area contributed by atoms with Crippen LogP contribution in [0, 0.1) is 20.2 Å². The smallest absolute Gasteiger partial charge is 0.254 e. The van der Waals surface area contributed by atoms with Crippen LogP contribution in [0.15, 0.2) is 0 Å². The number of hydrazine groups is 1. The fourth-order valence-corrected chi connectivity index (χ4v) is 1.83. The lowest BCUT2D eigenvalue weighted by atomic mass is 9.96. The second kappa shape index (κ2) is 4.10. The third-order valence-corrected chi connectivity index (χ3v) is 3.01. The summed E-state index contributed by atoms with van der Waals surface area (Å²) in [6, 6.07) is 0. The van der Waals surface area contributed by atoms with E-state index in [9.17, 15) is 20.2 Å². The Morgan fingerprint density at radius 3 is 2.06 bits per heavy atom. The van der Waals surface area contributed by atoms with Crippen molar-refractivity contribution in [2.24, 2.45) is 0 Å². The second-order valence-electron chi connectivity index (χ2n) is 5.67. The monoisotopic (exact) mass is 246 g/mol. The van der Waals surface area contributed by atoms with Gasteiger partial charge in [0.15, 0.2) is 11.6 Å². The number of rotatable bonds is 2. The first-order chi connectivity index (χ1) is 7.56. The van der Waals surface area contributed by atoms with E-state index in [4.69, 9.17) is 0 Å². The van der Waals surface area contributed by atoms with Crippen molar-refractivity contribution in [2.75, 3.05) is 19.8 Å². The van der Waals surface area contributed by atoms with Crippen LogP contribution >= 0.6 is 0 Å². The van der Waals surface area contributed by atoms with Crippen LogP contribution in [0.5, 0.6) is 0 Å². The van der Waals surface area contributed by atoms with Crippen molar-refractivity contribution in [2.45, 2.75) is 38.8 Å². The first-order valence-corrected chi connectivity index (χ1v) is 5.35. The maximum atomic E-state index is 11.0. The van der Waals surface area contributed by atoms with E-state index in [2.05, 4.69) is 0 Å². The van der Waals surface area contributed by atoms with Crippen molar-refractivity contribution in [3.05, 3.63) is 20.2 Å². The van der Waals surface area contributed by atoms with Crippen molar-refractivity contribution in [1.82, 2.24) is 9.91 Å². The van der Waals surface area contributed by atoms with Gasteiger partial charge in [-0.15, -0.1) is 5.01 Å². The van der Waals surface area contributed by atoms with Crippen molar-refractivity contribution in [3.63, 3.8) is 0 Å². The molecule has 8 nitrogen and oxygen atoms in total. The Balaban J connectivity index is 2.99. The summed E-state index contributed by atoms with van der Waals surface area (Å²) >= 11 is 0. The normalized spacial score (nSPS) is 26.9. The summed E-state index contributed by atoms with van der Waals surface area (Å²) < 4.78 is 0. The molecule has 1 unspecified atom stereocenters. The van der Waals surface area contributed by atoms with Gasteiger partial charge in [-0.1, -0.05) is 0 Å². The molecular weight excluding hydrogens is 228 g/mol. The van der Waals surface area contributed by atoms with Gasteiger partial charge < -0.3 is 0 Å². The number of hydrogen-bond acceptors (Lipinski definition) is 5. The van der Waals surface area contributed by atoms with E-state index in [1.54, 1.807) is 4.90 Å². The largest absolute Gasteiger partial charge is 0.269 e. The van der Waals surface area contributed by atoms with Gasteiger partial charge in [0.2, 0.25) is 0 Å². The Hall–Kier alpha value is -1.44. The highest BCUT2D eigenvalue weighted by Crippen LogP contribution is 2.25. The molecule has 0 radical (unpaired) electrons. The number of nitrogens with zero attached hydrogens (tertiary/aromatic N) is 4. The predicted octanol–water partition coefficient (Wildman–Crippen LogP) is 0.587. The van der Waals surface area contributed by atoms with E-state index in [-0.39, 0.29) is 25.3 Å². The summed E-state index contributed by atoms with van der Waals surface area (Å²) in [7, 11) is 0. The van der Waals surface area contributed by atoms with Crippen LogP contribution in [0.1, 0.15) is 27.7 Å². The Bertz CT molecular complexity index is 340. The van der Waals surface area contributed by atoms with Crippen LogP contribution in [0.3, 0.4) is 0 Å². The fraction of sp³-hybridized carbons (Fsp3) is 1.00. The minimum absolute atomic E-state index is 0.111. The van der Waals surface area contributed by atoms with Gasteiger partial charge in [0, 0.05) is 17.4 Å². The van der Waals surface area contributed by atoms with Crippen molar-refractivity contribution < 1.29 is 9.96 Å². The van der Waals surface area contributed by atoms with Crippen LogP contribution in [-0.4, -0.2) is 50.7 Å². The van der Waals surface area contributed by atoms with Crippen LogP contribution < -0.4 is 0 Å². The molecule has 0 spiro atoms. The molecule has 1 rings (SSSR count). The molecule has 1 saturated heterocycles. The van der Waals surface area contributed by atoms with Gasteiger partial charge in [-0.3, -0.25) is 15.0 Å². The summed E-state index contributed by atoms with van der Waals surface area (Å²) in [5.41, 5.74) is -1.65. The molecule has 0 aromatic carbocycles. The van der Waals surface area contributed by atoms with Gasteiger partial charge in [-0.2, -0.15) is 0 Å². The van der Waals surface area contributed by atoms with Gasteiger partial charge in [0.1, 0.15) is 6.67 Å². The molecule has 1 fully saturated rings. The fourth-order valence-electron chi connectivity index (χ4n) is 1.83. The molecule has 0 aromatic rings. The molecule has 0 bridgehead atoms. The van der Waals surface area contributed by atoms with Crippen LogP contribution in [0.2, 0.25) is 0 Å². The molecule has 0 amide bonds. The first kappa shape index (κ1) is 13.6. The molecule has 1 aliphatic heterocycles. The topological polar surface area (TPSA) is 92.8 Å². The van der Waals surface area contributed by atoms with Gasteiger partial charge in [-0.25, -0.2) is 10.1 Å². The standard InChI is InChI=1S/C9H18N4O4/c1-8(2,3)10-5-9(4,12(14)15)6-11(7-10)13(16)17/h5-7H2,1-4H3. The molecule has 8 heteroatoms. The highest BCUT2D eigenvalue weighted by atomic mass is 16.7. The van der Waals surface area contributed by atoms with E-state index in [0.29, 0.717) is 0 Å². The molecule has 0 aromatic heterocycles. The number of hydrogen-bond donors (Lipinski definition) is 0. The zero-order valence-electron chi connectivity index (χ0n) is 10.5. The minimum Gasteiger partial charge on any atom is -0.269 e. The average Bonchev–Trinajstić information content (AvgIpc) is 2.15. The molecule has 0 aliphatic carbocycles. The number of nitro groups is 2. The molecular formula is C9H18N4O4. The van der Waals surface area contributed by atoms with Gasteiger partial charge in [0.05, 0.1) is 6.54 Å². The summed E-state index contributed by atoms with van der Waals surface area (Å²) in [5.74, 6) is 0. The minimum atomic E-state index is -1.31. The molecule has 98 valence electrons. The lowest BCUT2D eigenvalue weighted by Crippen LogP contribution is -2.66. The van der Waals surface area contributed by atoms with E-state index in [1.165, 1.54) is 6.92 Å². The SMILES string of the molecule is CC(C)(C)N1CN([N+](=O)[O-])CC(C)([N+](=O)[O-])C1. The summed E-state index contributed by atoms with van der Waals surface area (Å²) in [5, 5.41) is 22.2. The zero-order valence-corrected chi connectivity index (χ0v) is 10.5. The summed E-state index contributed by atoms with van der Waals surface area (Å²) in [6.45, 7) is 7.26. The van der Waals surface area contributed by atoms with Gasteiger partial charge in [0.25, 0.3) is 5.54 Å². The van der Waals surface area contributed by atoms with Gasteiger partial charge in [-0.05, 0) is 20.8 Å². The lowest BCUT2D eigenvalue weighted by molar-refractivity contribution is -0.687. The Morgan fingerprint density at radius 1 is 1.18 bits per heavy atom. The van der Waals surface area contributed by atoms with Crippen molar-refractivity contribution in [1.29, 1.82) is 0 Å². The van der Waals surface area contributed by atoms with Gasteiger partial charge >= 0.3 is 0 Å². The molecule has 17 heavy (non-hydrogen) atoms. The quantitative estimate of drug-likeness (QED) is 0.523. The van der Waals surface area contributed by atoms with E-state index >= 15 is 0 Å². The lowest BCUT2D eigenvalue weighted by Gasteiger charge is -2.43. The van der Waals surface area contributed by atoms with E-state index in [0.717, 1.165) is 5.01 Å². The average molecular weight is 246 g/mol. The third kappa shape index (κ3) is 2.82. The summed E-state index contributed by atoms with van der Waals surface area (Å²) in [6.07, 6.45) is 0. The molecule has 1 aliphatic rings. The van der Waals surface area contributed by atoms with Crippen LogP contribution in [-0.2, 0) is 0 Å². The van der Waals surface area contributed by atoms with E-state index < -0.39 is 15.5 Å². The summed E-state index contributed by atoms with van der Waals surface area (Å²) in [4.78, 5) is 23.2. The highest BCUT2D eigenvalue weighted by molar-refractivity contribution is 4.89. The van der Waals surface area contributed by atoms with Crippen LogP contribution in [0.4, 0.5) is 0 Å². The van der Waals surface area contributed by atoms with E-state index in [1.807, 2.05) is 20.8 Å². The maximum absolute atomic E-state index is 11.0. The second-order valence-corrected chi connectivity index (χ2v) is 5.67. The van der Waals surface area contributed by atoms with Crippen molar-refractivity contribution in [3.8, 4) is 0 Å². The Kier molecular flexibility index (Phi) is 3.28. The Morgan fingerprint density at radius 2 is 1.71 bits per heavy atom. The molecule has 0 saturated carbocycles.